The smallest absolute Gasteiger partial charge is 0.228 e. The molecule has 1 aliphatic heterocycles. The summed E-state index contributed by atoms with van der Waals surface area (Å²) in [5.74, 6) is -0.344. The number of hydrogen-bond acceptors (Lipinski definition) is 3. The summed E-state index contributed by atoms with van der Waals surface area (Å²) in [7, 11) is -3.22. The van der Waals surface area contributed by atoms with Gasteiger partial charge in [-0.25, -0.2) is 12.7 Å². The maximum absolute atomic E-state index is 12.4. The molecule has 1 fully saturated rings. The monoisotopic (exact) mass is 322 g/mol. The highest BCUT2D eigenvalue weighted by Gasteiger charge is 2.30. The van der Waals surface area contributed by atoms with Crippen molar-refractivity contribution in [2.45, 2.75) is 32.1 Å². The molecule has 1 unspecified atom stereocenters. The van der Waals surface area contributed by atoms with Gasteiger partial charge in [-0.05, 0) is 55.4 Å². The van der Waals surface area contributed by atoms with Gasteiger partial charge in [0, 0.05) is 18.8 Å². The molecule has 0 aromatic heterocycles. The fourth-order valence-corrected chi connectivity index (χ4v) is 4.26. The molecule has 3 rings (SSSR count). The van der Waals surface area contributed by atoms with Gasteiger partial charge in [0.15, 0.2) is 0 Å². The Morgan fingerprint density at radius 3 is 2.77 bits per heavy atom. The van der Waals surface area contributed by atoms with Crippen LogP contribution in [0.4, 0.5) is 5.69 Å². The topological polar surface area (TPSA) is 66.5 Å². The average Bonchev–Trinajstić information content (AvgIpc) is 2.94. The largest absolute Gasteiger partial charge is 0.326 e. The van der Waals surface area contributed by atoms with Crippen LogP contribution in [0.15, 0.2) is 18.2 Å². The van der Waals surface area contributed by atoms with Crippen LogP contribution in [0.3, 0.4) is 0 Å². The summed E-state index contributed by atoms with van der Waals surface area (Å²) in [4.78, 5) is 12.4. The van der Waals surface area contributed by atoms with Crippen LogP contribution in [0.1, 0.15) is 30.4 Å². The van der Waals surface area contributed by atoms with E-state index < -0.39 is 10.0 Å². The Morgan fingerprint density at radius 2 is 2.00 bits per heavy atom. The maximum atomic E-state index is 12.4. The normalized spacial score (nSPS) is 22.3. The number of amides is 1. The zero-order valence-electron chi connectivity index (χ0n) is 12.8. The van der Waals surface area contributed by atoms with E-state index in [4.69, 9.17) is 0 Å². The summed E-state index contributed by atoms with van der Waals surface area (Å²) in [5.41, 5.74) is 3.51. The third kappa shape index (κ3) is 3.33. The number of benzene rings is 1. The minimum atomic E-state index is -3.22. The molecule has 6 heteroatoms. The van der Waals surface area contributed by atoms with E-state index in [0.29, 0.717) is 6.54 Å². The highest BCUT2D eigenvalue weighted by atomic mass is 32.2. The number of nitrogens with zero attached hydrogens (tertiary/aromatic N) is 1. The van der Waals surface area contributed by atoms with Gasteiger partial charge in [0.1, 0.15) is 0 Å². The summed E-state index contributed by atoms with van der Waals surface area (Å²) in [6.45, 7) is 0.803. The Kier molecular flexibility index (Phi) is 4.23. The molecule has 1 saturated heterocycles. The van der Waals surface area contributed by atoms with E-state index in [1.165, 1.54) is 28.1 Å². The van der Waals surface area contributed by atoms with Gasteiger partial charge < -0.3 is 5.32 Å². The molecule has 1 atom stereocenters. The minimum absolute atomic E-state index is 0.0775. The number of anilines is 1. The van der Waals surface area contributed by atoms with Crippen LogP contribution in [-0.2, 0) is 27.7 Å². The van der Waals surface area contributed by atoms with Gasteiger partial charge in [0.05, 0.1) is 12.2 Å². The third-order valence-corrected chi connectivity index (χ3v) is 5.86. The summed E-state index contributed by atoms with van der Waals surface area (Å²) in [6.07, 6.45) is 6.05. The van der Waals surface area contributed by atoms with Crippen LogP contribution in [0, 0.1) is 5.92 Å². The van der Waals surface area contributed by atoms with Crippen molar-refractivity contribution in [3.8, 4) is 0 Å². The molecular formula is C16H22N2O3S. The lowest BCUT2D eigenvalue weighted by Gasteiger charge is -2.30. The number of fused-ring (bicyclic) bond motifs is 1. The summed E-state index contributed by atoms with van der Waals surface area (Å²) < 4.78 is 24.7. The van der Waals surface area contributed by atoms with Gasteiger partial charge >= 0.3 is 0 Å². The molecule has 0 saturated carbocycles. The molecule has 1 N–H and O–H groups in total. The quantitative estimate of drug-likeness (QED) is 0.922. The van der Waals surface area contributed by atoms with E-state index in [2.05, 4.69) is 17.4 Å². The average molecular weight is 322 g/mol. The molecule has 0 spiro atoms. The Labute approximate surface area is 131 Å². The first-order chi connectivity index (χ1) is 10.4. The van der Waals surface area contributed by atoms with Gasteiger partial charge in [0.2, 0.25) is 15.9 Å². The van der Waals surface area contributed by atoms with Crippen molar-refractivity contribution in [1.29, 1.82) is 0 Å². The van der Waals surface area contributed by atoms with Crippen LogP contribution < -0.4 is 5.32 Å². The molecule has 2 aliphatic rings. The third-order valence-electron chi connectivity index (χ3n) is 4.59. The lowest BCUT2D eigenvalue weighted by Crippen LogP contribution is -2.43. The first-order valence-electron chi connectivity index (χ1n) is 7.81. The molecule has 1 amide bonds. The van der Waals surface area contributed by atoms with Crippen LogP contribution in [0.5, 0.6) is 0 Å². The molecule has 1 aromatic carbocycles. The fraction of sp³-hybridized carbons (Fsp3) is 0.562. The van der Waals surface area contributed by atoms with E-state index in [1.807, 2.05) is 6.07 Å². The van der Waals surface area contributed by atoms with E-state index >= 15 is 0 Å². The van der Waals surface area contributed by atoms with Crippen molar-refractivity contribution in [1.82, 2.24) is 4.31 Å². The van der Waals surface area contributed by atoms with Crippen molar-refractivity contribution in [2.24, 2.45) is 5.92 Å². The van der Waals surface area contributed by atoms with Crippen molar-refractivity contribution >= 4 is 21.6 Å². The molecule has 1 aromatic rings. The number of carbonyl (C=O) groups is 1. The summed E-state index contributed by atoms with van der Waals surface area (Å²) in [6, 6.07) is 6.08. The standard InChI is InChI=1S/C16H22N2O3S/c1-22(20,21)18-9-3-6-14(11-18)16(19)17-15-8-7-12-4-2-5-13(12)10-15/h7-8,10,14H,2-6,9,11H2,1H3,(H,17,19). The number of piperidine rings is 1. The maximum Gasteiger partial charge on any atom is 0.228 e. The highest BCUT2D eigenvalue weighted by molar-refractivity contribution is 7.88. The predicted molar refractivity (Wildman–Crippen MR) is 86.2 cm³/mol. The Hall–Kier alpha value is -1.40. The predicted octanol–water partition coefficient (Wildman–Crippen LogP) is 1.79. The zero-order chi connectivity index (χ0) is 15.7. The van der Waals surface area contributed by atoms with Crippen molar-refractivity contribution in [3.05, 3.63) is 29.3 Å². The second-order valence-corrected chi connectivity index (χ2v) is 8.27. The van der Waals surface area contributed by atoms with Gasteiger partial charge in [-0.15, -0.1) is 0 Å². The number of sulfonamides is 1. The van der Waals surface area contributed by atoms with E-state index in [9.17, 15) is 13.2 Å². The second kappa shape index (κ2) is 6.01. The second-order valence-electron chi connectivity index (χ2n) is 6.29. The van der Waals surface area contributed by atoms with Crippen LogP contribution in [0.25, 0.3) is 0 Å². The number of carbonyl (C=O) groups excluding carboxylic acids is 1. The lowest BCUT2D eigenvalue weighted by atomic mass is 9.98. The molecule has 0 bridgehead atoms. The molecule has 120 valence electrons. The first-order valence-corrected chi connectivity index (χ1v) is 9.66. The molecule has 0 radical (unpaired) electrons. The Bertz CT molecular complexity index is 685. The summed E-state index contributed by atoms with van der Waals surface area (Å²) >= 11 is 0. The SMILES string of the molecule is CS(=O)(=O)N1CCCC(C(=O)Nc2ccc3c(c2)CCC3)C1. The highest BCUT2D eigenvalue weighted by Crippen LogP contribution is 2.26. The lowest BCUT2D eigenvalue weighted by molar-refractivity contribution is -0.120. The van der Waals surface area contributed by atoms with E-state index in [1.54, 1.807) is 0 Å². The number of hydrogen-bond donors (Lipinski definition) is 1. The van der Waals surface area contributed by atoms with E-state index in [0.717, 1.165) is 31.4 Å². The van der Waals surface area contributed by atoms with Crippen molar-refractivity contribution < 1.29 is 13.2 Å². The molecule has 1 heterocycles. The Balaban J connectivity index is 1.66. The van der Waals surface area contributed by atoms with E-state index in [-0.39, 0.29) is 18.4 Å². The molecule has 22 heavy (non-hydrogen) atoms. The zero-order valence-corrected chi connectivity index (χ0v) is 13.7. The first kappa shape index (κ1) is 15.5. The van der Waals surface area contributed by atoms with Crippen LogP contribution in [0.2, 0.25) is 0 Å². The molecule has 5 nitrogen and oxygen atoms in total. The van der Waals surface area contributed by atoms with Crippen LogP contribution >= 0.6 is 0 Å². The fourth-order valence-electron chi connectivity index (χ4n) is 3.35. The number of aryl methyl sites for hydroxylation is 2. The Morgan fingerprint density at radius 1 is 1.23 bits per heavy atom. The van der Waals surface area contributed by atoms with Crippen LogP contribution in [-0.4, -0.2) is 38.0 Å². The minimum Gasteiger partial charge on any atom is -0.326 e. The van der Waals surface area contributed by atoms with Gasteiger partial charge in [-0.3, -0.25) is 4.79 Å². The van der Waals surface area contributed by atoms with Gasteiger partial charge in [0.25, 0.3) is 0 Å². The summed E-state index contributed by atoms with van der Waals surface area (Å²) in [5, 5.41) is 2.95. The molecular weight excluding hydrogens is 300 g/mol. The van der Waals surface area contributed by atoms with Crippen molar-refractivity contribution in [2.75, 3.05) is 24.7 Å². The number of rotatable bonds is 3. The van der Waals surface area contributed by atoms with Gasteiger partial charge in [-0.2, -0.15) is 0 Å². The van der Waals surface area contributed by atoms with Crippen molar-refractivity contribution in [3.63, 3.8) is 0 Å². The van der Waals surface area contributed by atoms with Gasteiger partial charge in [-0.1, -0.05) is 6.07 Å². The molecule has 1 aliphatic carbocycles. The number of nitrogens with one attached hydrogen (secondary N) is 1.